The van der Waals surface area contributed by atoms with Crippen molar-refractivity contribution in [1.82, 2.24) is 4.98 Å². The Morgan fingerprint density at radius 1 is 1.54 bits per heavy atom. The zero-order valence-electron chi connectivity index (χ0n) is 8.20. The lowest BCUT2D eigenvalue weighted by Crippen LogP contribution is -2.08. The number of ether oxygens (including phenoxy) is 2. The molecule has 1 radical (unpaired) electrons. The lowest BCUT2D eigenvalue weighted by molar-refractivity contribution is 0.174. The third-order valence-electron chi connectivity index (χ3n) is 1.46. The standard InChI is InChI=1S/C10H14NO2/c1-8(2)13-10-6-11-5-4-9(10)7-12-3/h4-5,8H,7H2,1-3H3. The molecule has 1 aromatic heterocycles. The molecule has 1 aromatic rings. The van der Waals surface area contributed by atoms with Crippen LogP contribution < -0.4 is 4.74 Å². The summed E-state index contributed by atoms with van der Waals surface area (Å²) >= 11 is 0. The van der Waals surface area contributed by atoms with Gasteiger partial charge in [-0.2, -0.15) is 0 Å². The highest BCUT2D eigenvalue weighted by atomic mass is 16.5. The summed E-state index contributed by atoms with van der Waals surface area (Å²) < 4.78 is 10.5. The first-order valence-electron chi connectivity index (χ1n) is 4.25. The monoisotopic (exact) mass is 180 g/mol. The minimum atomic E-state index is 0.135. The Morgan fingerprint density at radius 2 is 2.31 bits per heavy atom. The van der Waals surface area contributed by atoms with E-state index < -0.39 is 0 Å². The minimum Gasteiger partial charge on any atom is -0.488 e. The van der Waals surface area contributed by atoms with Crippen LogP contribution in [0.1, 0.15) is 19.4 Å². The van der Waals surface area contributed by atoms with E-state index in [2.05, 4.69) is 11.2 Å². The summed E-state index contributed by atoms with van der Waals surface area (Å²) in [6, 6.07) is 1.87. The van der Waals surface area contributed by atoms with Crippen molar-refractivity contribution in [1.29, 1.82) is 0 Å². The number of rotatable bonds is 4. The molecule has 0 saturated carbocycles. The summed E-state index contributed by atoms with van der Waals surface area (Å²) in [4.78, 5) is 3.88. The molecule has 0 saturated heterocycles. The van der Waals surface area contributed by atoms with Crippen LogP contribution in [0.4, 0.5) is 0 Å². The van der Waals surface area contributed by atoms with Crippen molar-refractivity contribution >= 4 is 0 Å². The normalized spacial score (nSPS) is 10.5. The van der Waals surface area contributed by atoms with E-state index in [1.807, 2.05) is 19.9 Å². The molecule has 1 heterocycles. The number of methoxy groups -OCH3 is 1. The molecule has 0 atom stereocenters. The molecular weight excluding hydrogens is 166 g/mol. The van der Waals surface area contributed by atoms with E-state index in [0.717, 1.165) is 5.56 Å². The topological polar surface area (TPSA) is 31.4 Å². The molecule has 0 amide bonds. The van der Waals surface area contributed by atoms with E-state index in [1.54, 1.807) is 13.3 Å². The van der Waals surface area contributed by atoms with Gasteiger partial charge in [0.15, 0.2) is 5.75 Å². The third-order valence-corrected chi connectivity index (χ3v) is 1.46. The average Bonchev–Trinajstić information content (AvgIpc) is 2.08. The lowest BCUT2D eigenvalue weighted by atomic mass is 10.2. The van der Waals surface area contributed by atoms with Gasteiger partial charge in [-0.05, 0) is 19.9 Å². The minimum absolute atomic E-state index is 0.135. The first-order valence-corrected chi connectivity index (χ1v) is 4.25. The molecular formula is C10H14NO2. The van der Waals surface area contributed by atoms with E-state index in [1.165, 1.54) is 0 Å². The van der Waals surface area contributed by atoms with Crippen molar-refractivity contribution in [3.63, 3.8) is 0 Å². The SMILES string of the molecule is COCc1ccn[c]c1OC(C)C. The number of aromatic nitrogens is 1. The second-order valence-electron chi connectivity index (χ2n) is 3.01. The van der Waals surface area contributed by atoms with Crippen molar-refractivity contribution in [2.75, 3.05) is 7.11 Å². The zero-order valence-corrected chi connectivity index (χ0v) is 8.20. The molecule has 0 aromatic carbocycles. The summed E-state index contributed by atoms with van der Waals surface area (Å²) in [5, 5.41) is 0. The van der Waals surface area contributed by atoms with Gasteiger partial charge in [0, 0.05) is 18.9 Å². The van der Waals surface area contributed by atoms with Crippen LogP contribution in [0.3, 0.4) is 0 Å². The van der Waals surface area contributed by atoms with Crippen molar-refractivity contribution in [2.45, 2.75) is 26.6 Å². The molecule has 0 aliphatic rings. The van der Waals surface area contributed by atoms with E-state index in [0.29, 0.717) is 12.4 Å². The van der Waals surface area contributed by atoms with Crippen LogP contribution in [0.25, 0.3) is 0 Å². The largest absolute Gasteiger partial charge is 0.488 e. The molecule has 3 nitrogen and oxygen atoms in total. The molecule has 0 bridgehead atoms. The second-order valence-corrected chi connectivity index (χ2v) is 3.01. The van der Waals surface area contributed by atoms with Crippen LogP contribution >= 0.6 is 0 Å². The van der Waals surface area contributed by atoms with Gasteiger partial charge in [0.25, 0.3) is 0 Å². The van der Waals surface area contributed by atoms with Gasteiger partial charge in [0.05, 0.1) is 12.7 Å². The van der Waals surface area contributed by atoms with Gasteiger partial charge < -0.3 is 9.47 Å². The van der Waals surface area contributed by atoms with Gasteiger partial charge in [0.2, 0.25) is 0 Å². The number of nitrogens with zero attached hydrogens (tertiary/aromatic N) is 1. The summed E-state index contributed by atoms with van der Waals surface area (Å²) in [7, 11) is 1.65. The molecule has 71 valence electrons. The van der Waals surface area contributed by atoms with E-state index in [4.69, 9.17) is 9.47 Å². The zero-order chi connectivity index (χ0) is 9.68. The third kappa shape index (κ3) is 3.03. The smallest absolute Gasteiger partial charge is 0.153 e. The van der Waals surface area contributed by atoms with Crippen molar-refractivity contribution in [3.05, 3.63) is 24.0 Å². The summed E-state index contributed by atoms with van der Waals surface area (Å²) in [5.74, 6) is 0.680. The van der Waals surface area contributed by atoms with Crippen LogP contribution in [-0.2, 0) is 11.3 Å². The first kappa shape index (κ1) is 9.99. The molecule has 0 aliphatic heterocycles. The van der Waals surface area contributed by atoms with Crippen molar-refractivity contribution in [2.24, 2.45) is 0 Å². The Balaban J connectivity index is 2.78. The molecule has 0 unspecified atom stereocenters. The summed E-state index contributed by atoms with van der Waals surface area (Å²) in [6.07, 6.45) is 4.62. The quantitative estimate of drug-likeness (QED) is 0.708. The average molecular weight is 180 g/mol. The van der Waals surface area contributed by atoms with Crippen LogP contribution in [0.2, 0.25) is 0 Å². The maximum Gasteiger partial charge on any atom is 0.153 e. The van der Waals surface area contributed by atoms with Crippen LogP contribution in [-0.4, -0.2) is 18.2 Å². The fourth-order valence-electron chi connectivity index (χ4n) is 0.978. The van der Waals surface area contributed by atoms with Crippen LogP contribution in [0.15, 0.2) is 12.3 Å². The first-order chi connectivity index (χ1) is 6.24. The van der Waals surface area contributed by atoms with E-state index in [9.17, 15) is 0 Å². The van der Waals surface area contributed by atoms with E-state index >= 15 is 0 Å². The van der Waals surface area contributed by atoms with Gasteiger partial charge >= 0.3 is 0 Å². The summed E-state index contributed by atoms with van der Waals surface area (Å²) in [6.45, 7) is 4.47. The molecule has 1 rings (SSSR count). The molecule has 3 heteroatoms. The molecule has 0 N–H and O–H groups in total. The van der Waals surface area contributed by atoms with Crippen LogP contribution in [0, 0.1) is 6.20 Å². The maximum absolute atomic E-state index is 5.50. The molecule has 0 aliphatic carbocycles. The number of hydrogen-bond acceptors (Lipinski definition) is 3. The Bertz CT molecular complexity index is 261. The predicted molar refractivity (Wildman–Crippen MR) is 49.6 cm³/mol. The fraction of sp³-hybridized carbons (Fsp3) is 0.500. The predicted octanol–water partition coefficient (Wildman–Crippen LogP) is 1.82. The Kier molecular flexibility index (Phi) is 3.71. The van der Waals surface area contributed by atoms with Crippen molar-refractivity contribution in [3.8, 4) is 5.75 Å². The Morgan fingerprint density at radius 3 is 2.92 bits per heavy atom. The second kappa shape index (κ2) is 4.82. The Hall–Kier alpha value is -1.09. The number of hydrogen-bond donors (Lipinski definition) is 0. The highest BCUT2D eigenvalue weighted by Gasteiger charge is 2.04. The number of pyridine rings is 1. The molecule has 0 spiro atoms. The van der Waals surface area contributed by atoms with Gasteiger partial charge in [-0.1, -0.05) is 0 Å². The maximum atomic E-state index is 5.50. The Labute approximate surface area is 78.7 Å². The van der Waals surface area contributed by atoms with Crippen LogP contribution in [0.5, 0.6) is 5.75 Å². The van der Waals surface area contributed by atoms with Gasteiger partial charge in [-0.25, -0.2) is 0 Å². The van der Waals surface area contributed by atoms with Gasteiger partial charge in [-0.15, -0.1) is 0 Å². The van der Waals surface area contributed by atoms with E-state index in [-0.39, 0.29) is 6.10 Å². The van der Waals surface area contributed by atoms with Gasteiger partial charge in [0.1, 0.15) is 6.20 Å². The highest BCUT2D eigenvalue weighted by molar-refractivity contribution is 5.28. The highest BCUT2D eigenvalue weighted by Crippen LogP contribution is 2.17. The molecule has 0 fully saturated rings. The molecule has 13 heavy (non-hydrogen) atoms. The van der Waals surface area contributed by atoms with Crippen molar-refractivity contribution < 1.29 is 9.47 Å². The van der Waals surface area contributed by atoms with Gasteiger partial charge in [-0.3, -0.25) is 4.98 Å². The lowest BCUT2D eigenvalue weighted by Gasteiger charge is -2.12. The summed E-state index contributed by atoms with van der Waals surface area (Å²) in [5.41, 5.74) is 0.978. The fourth-order valence-corrected chi connectivity index (χ4v) is 0.978.